The number of hydrogen-bond donors (Lipinski definition) is 1. The number of anilines is 2. The number of benzene rings is 2. The lowest BCUT2D eigenvalue weighted by atomic mass is 9.58. The van der Waals surface area contributed by atoms with Crippen LogP contribution < -0.4 is 10.1 Å². The van der Waals surface area contributed by atoms with Crippen molar-refractivity contribution in [1.82, 2.24) is 4.90 Å². The molecule has 0 amide bonds. The molecule has 3 aliphatic rings. The molecule has 0 spiro atoms. The van der Waals surface area contributed by atoms with E-state index in [1.54, 1.807) is 0 Å². The largest absolute Gasteiger partial charge is 0.491 e. The van der Waals surface area contributed by atoms with Crippen molar-refractivity contribution in [3.8, 4) is 5.75 Å². The Morgan fingerprint density at radius 3 is 2.58 bits per heavy atom. The number of piperidine rings is 1. The van der Waals surface area contributed by atoms with Crippen LogP contribution in [0, 0.1) is 11.8 Å². The highest BCUT2D eigenvalue weighted by Crippen LogP contribution is 2.50. The van der Waals surface area contributed by atoms with Crippen molar-refractivity contribution in [3.05, 3.63) is 53.6 Å². The monoisotopic (exact) mass is 448 g/mol. The molecular weight excluding hydrogens is 412 g/mol. The lowest BCUT2D eigenvalue weighted by Gasteiger charge is -2.53. The summed E-state index contributed by atoms with van der Waals surface area (Å²) in [5, 5.41) is 3.52. The summed E-state index contributed by atoms with van der Waals surface area (Å²) in [7, 11) is 0. The minimum atomic E-state index is 0.0317. The fraction of sp³-hybridized carbons (Fsp3) is 0.536. The molecule has 5 rings (SSSR count). The number of carbonyl (C=O) groups is 1. The first-order valence-electron chi connectivity index (χ1n) is 12.5. The van der Waals surface area contributed by atoms with Gasteiger partial charge < -0.3 is 14.8 Å². The second kappa shape index (κ2) is 9.11. The molecule has 0 aromatic heterocycles. The zero-order valence-electron chi connectivity index (χ0n) is 20.1. The Balaban J connectivity index is 1.32. The van der Waals surface area contributed by atoms with E-state index in [2.05, 4.69) is 30.1 Å². The highest BCUT2D eigenvalue weighted by Gasteiger charge is 2.52. The Hall–Kier alpha value is -2.37. The van der Waals surface area contributed by atoms with Gasteiger partial charge in [0.05, 0.1) is 12.6 Å². The molecule has 5 nitrogen and oxygen atoms in total. The molecule has 1 saturated carbocycles. The first-order chi connectivity index (χ1) is 16.0. The number of hydrogen-bond acceptors (Lipinski definition) is 5. The summed E-state index contributed by atoms with van der Waals surface area (Å²) in [6.07, 6.45) is 3.76. The number of fused-ring (bicyclic) bond motifs is 4. The summed E-state index contributed by atoms with van der Waals surface area (Å²) in [5.74, 6) is 2.29. The van der Waals surface area contributed by atoms with Crippen LogP contribution in [0.2, 0.25) is 0 Å². The number of nitrogens with one attached hydrogen (secondary N) is 1. The van der Waals surface area contributed by atoms with Crippen LogP contribution in [0.1, 0.15) is 56.0 Å². The lowest BCUT2D eigenvalue weighted by Crippen LogP contribution is -2.61. The summed E-state index contributed by atoms with van der Waals surface area (Å²) < 4.78 is 11.0. The van der Waals surface area contributed by atoms with Crippen molar-refractivity contribution in [2.45, 2.75) is 51.5 Å². The summed E-state index contributed by atoms with van der Waals surface area (Å²) in [4.78, 5) is 16.0. The van der Waals surface area contributed by atoms with E-state index in [-0.39, 0.29) is 11.5 Å². The van der Waals surface area contributed by atoms with Crippen LogP contribution in [-0.2, 0) is 10.2 Å². The van der Waals surface area contributed by atoms with Gasteiger partial charge in [-0.2, -0.15) is 0 Å². The van der Waals surface area contributed by atoms with Gasteiger partial charge in [0.15, 0.2) is 5.78 Å². The molecule has 3 atom stereocenters. The zero-order valence-corrected chi connectivity index (χ0v) is 20.1. The lowest BCUT2D eigenvalue weighted by molar-refractivity contribution is 0.0266. The maximum absolute atomic E-state index is 13.5. The number of likely N-dealkylation sites (tertiary alicyclic amines) is 1. The maximum Gasteiger partial charge on any atom is 0.180 e. The number of ketones is 1. The van der Waals surface area contributed by atoms with Crippen molar-refractivity contribution in [3.63, 3.8) is 0 Å². The Labute approximate surface area is 197 Å². The Morgan fingerprint density at radius 1 is 1.09 bits per heavy atom. The summed E-state index contributed by atoms with van der Waals surface area (Å²) in [5.41, 5.74) is 4.19. The second-order valence-corrected chi connectivity index (χ2v) is 10.2. The van der Waals surface area contributed by atoms with Gasteiger partial charge in [-0.25, -0.2) is 0 Å². The standard InChI is InChI=1S/C28H36N2O3/c1-4-32-15-16-33-23-10-7-21(8-11-23)29-22-9-12-24-25(17-22)28(3)13-14-30(18-20-5-6-20)26(19(28)2)27(24)31/h7-12,17,19-20,26,29H,4-6,13-16,18H2,1-3H3/t19-,26?,28+/m0/s1. The normalized spacial score (nSPS) is 26.7. The smallest absolute Gasteiger partial charge is 0.180 e. The average Bonchev–Trinajstić information content (AvgIpc) is 3.63. The minimum absolute atomic E-state index is 0.0317. The van der Waals surface area contributed by atoms with Crippen molar-refractivity contribution < 1.29 is 14.3 Å². The topological polar surface area (TPSA) is 50.8 Å². The van der Waals surface area contributed by atoms with Crippen molar-refractivity contribution >= 4 is 17.2 Å². The third kappa shape index (κ3) is 4.41. The summed E-state index contributed by atoms with van der Waals surface area (Å²) in [6.45, 7) is 10.6. The molecule has 2 fully saturated rings. The number of carbonyl (C=O) groups excluding carboxylic acids is 1. The fourth-order valence-corrected chi connectivity index (χ4v) is 5.65. The minimum Gasteiger partial charge on any atom is -0.491 e. The summed E-state index contributed by atoms with van der Waals surface area (Å²) in [6, 6.07) is 14.3. The quantitative estimate of drug-likeness (QED) is 0.519. The van der Waals surface area contributed by atoms with Gasteiger partial charge in [0.1, 0.15) is 12.4 Å². The molecule has 1 aliphatic heterocycles. The predicted octanol–water partition coefficient (Wildman–Crippen LogP) is 5.42. The van der Waals surface area contributed by atoms with Crippen LogP contribution in [-0.4, -0.2) is 49.6 Å². The van der Waals surface area contributed by atoms with Crippen LogP contribution >= 0.6 is 0 Å². The van der Waals surface area contributed by atoms with E-state index in [4.69, 9.17) is 9.47 Å². The van der Waals surface area contributed by atoms with Gasteiger partial charge in [0.2, 0.25) is 0 Å². The Bertz CT molecular complexity index is 1000. The number of Topliss-reactive ketones (excluding diaryl/α,β-unsaturated/α-hetero) is 1. The first kappa shape index (κ1) is 22.4. The molecule has 5 heteroatoms. The molecule has 0 radical (unpaired) electrons. The molecule has 1 saturated heterocycles. The SMILES string of the molecule is CCOCCOc1ccc(Nc2ccc3c(c2)[C@]2(C)CCN(CC4CC4)C(C3=O)[C@@H]2C)cc1. The van der Waals surface area contributed by atoms with Gasteiger partial charge in [-0.1, -0.05) is 13.8 Å². The van der Waals surface area contributed by atoms with Crippen molar-refractivity contribution in [2.75, 3.05) is 38.2 Å². The maximum atomic E-state index is 13.5. The third-order valence-corrected chi connectivity index (χ3v) is 7.99. The first-order valence-corrected chi connectivity index (χ1v) is 12.5. The van der Waals surface area contributed by atoms with Gasteiger partial charge >= 0.3 is 0 Å². The molecule has 176 valence electrons. The molecule has 2 aliphatic carbocycles. The van der Waals surface area contributed by atoms with E-state index in [1.165, 1.54) is 18.4 Å². The van der Waals surface area contributed by atoms with Crippen LogP contribution in [0.15, 0.2) is 42.5 Å². The van der Waals surface area contributed by atoms with Gasteiger partial charge in [0.25, 0.3) is 0 Å². The van der Waals surface area contributed by atoms with Gasteiger partial charge in [0, 0.05) is 30.1 Å². The van der Waals surface area contributed by atoms with E-state index in [0.717, 1.165) is 48.1 Å². The molecule has 2 bridgehead atoms. The zero-order chi connectivity index (χ0) is 23.0. The fourth-order valence-electron chi connectivity index (χ4n) is 5.65. The Kier molecular flexibility index (Phi) is 6.19. The molecule has 2 aromatic rings. The second-order valence-electron chi connectivity index (χ2n) is 10.2. The van der Waals surface area contributed by atoms with Crippen LogP contribution in [0.3, 0.4) is 0 Å². The van der Waals surface area contributed by atoms with Crippen LogP contribution in [0.5, 0.6) is 5.75 Å². The average molecular weight is 449 g/mol. The van der Waals surface area contributed by atoms with E-state index in [1.807, 2.05) is 43.3 Å². The highest BCUT2D eigenvalue weighted by molar-refractivity contribution is 6.04. The van der Waals surface area contributed by atoms with E-state index >= 15 is 0 Å². The van der Waals surface area contributed by atoms with E-state index in [0.29, 0.717) is 31.5 Å². The van der Waals surface area contributed by atoms with Crippen LogP contribution in [0.25, 0.3) is 0 Å². The number of ether oxygens (including phenoxy) is 2. The highest BCUT2D eigenvalue weighted by atomic mass is 16.5. The van der Waals surface area contributed by atoms with Crippen molar-refractivity contribution in [1.29, 1.82) is 0 Å². The van der Waals surface area contributed by atoms with Gasteiger partial charge in [-0.15, -0.1) is 0 Å². The number of nitrogens with zero attached hydrogens (tertiary/aromatic N) is 1. The summed E-state index contributed by atoms with van der Waals surface area (Å²) >= 11 is 0. The predicted molar refractivity (Wildman–Crippen MR) is 132 cm³/mol. The molecule has 2 aromatic carbocycles. The third-order valence-electron chi connectivity index (χ3n) is 7.99. The molecule has 1 N–H and O–H groups in total. The molecule has 1 unspecified atom stereocenters. The molecule has 33 heavy (non-hydrogen) atoms. The van der Waals surface area contributed by atoms with Crippen LogP contribution in [0.4, 0.5) is 11.4 Å². The van der Waals surface area contributed by atoms with E-state index in [9.17, 15) is 4.79 Å². The number of rotatable bonds is 9. The molecule has 1 heterocycles. The van der Waals surface area contributed by atoms with Crippen molar-refractivity contribution in [2.24, 2.45) is 11.8 Å². The molecular formula is C28H36N2O3. The van der Waals surface area contributed by atoms with E-state index < -0.39 is 0 Å². The Morgan fingerprint density at radius 2 is 1.85 bits per heavy atom. The van der Waals surface area contributed by atoms with Gasteiger partial charge in [-0.3, -0.25) is 9.69 Å². The van der Waals surface area contributed by atoms with Gasteiger partial charge in [-0.05, 0) is 98.0 Å².